The Bertz CT molecular complexity index is 961. The molecule has 1 atom stereocenters. The van der Waals surface area contributed by atoms with Crippen LogP contribution in [-0.2, 0) is 20.9 Å². The zero-order valence-electron chi connectivity index (χ0n) is 15.5. The third-order valence-electron chi connectivity index (χ3n) is 4.37. The van der Waals surface area contributed by atoms with Crippen molar-refractivity contribution in [2.24, 2.45) is 0 Å². The number of urea groups is 1. The van der Waals surface area contributed by atoms with Crippen molar-refractivity contribution in [1.29, 1.82) is 0 Å². The van der Waals surface area contributed by atoms with Crippen LogP contribution in [0.5, 0.6) is 0 Å². The van der Waals surface area contributed by atoms with Crippen molar-refractivity contribution in [3.8, 4) is 0 Å². The van der Waals surface area contributed by atoms with Crippen LogP contribution in [-0.4, -0.2) is 41.9 Å². The second-order valence-electron chi connectivity index (χ2n) is 6.34. The Hall–Kier alpha value is -3.39. The number of hydrogen-bond acceptors (Lipinski definition) is 5. The third kappa shape index (κ3) is 4.72. The van der Waals surface area contributed by atoms with E-state index in [1.165, 1.54) is 19.2 Å². The summed E-state index contributed by atoms with van der Waals surface area (Å²) in [5.74, 6) is -1.43. The first-order valence-electron chi connectivity index (χ1n) is 8.72. The molecular formula is C20H18ClN3O5. The third-order valence-corrected chi connectivity index (χ3v) is 4.74. The molecule has 2 N–H and O–H groups in total. The topological polar surface area (TPSA) is 105 Å². The summed E-state index contributed by atoms with van der Waals surface area (Å²) < 4.78 is 4.61. The lowest BCUT2D eigenvalue weighted by Gasteiger charge is -2.14. The van der Waals surface area contributed by atoms with E-state index in [4.69, 9.17) is 11.6 Å². The highest BCUT2D eigenvalue weighted by Crippen LogP contribution is 2.20. The van der Waals surface area contributed by atoms with Crippen LogP contribution in [0, 0.1) is 0 Å². The average molecular weight is 416 g/mol. The molecule has 9 heteroatoms. The number of methoxy groups -OCH3 is 1. The lowest BCUT2D eigenvalue weighted by molar-refractivity contribution is -0.130. The van der Waals surface area contributed by atoms with Crippen molar-refractivity contribution in [2.75, 3.05) is 12.4 Å². The fraction of sp³-hybridized carbons (Fsp3) is 0.200. The van der Waals surface area contributed by atoms with Gasteiger partial charge >= 0.3 is 12.0 Å². The minimum absolute atomic E-state index is 0.0252. The number of anilines is 1. The van der Waals surface area contributed by atoms with Gasteiger partial charge in [-0.25, -0.2) is 9.59 Å². The summed E-state index contributed by atoms with van der Waals surface area (Å²) in [5, 5.41) is 5.59. The molecule has 0 radical (unpaired) electrons. The largest absolute Gasteiger partial charge is 0.465 e. The Labute approximate surface area is 171 Å². The smallest absolute Gasteiger partial charge is 0.337 e. The summed E-state index contributed by atoms with van der Waals surface area (Å²) in [6.45, 7) is 0.0252. The minimum atomic E-state index is -0.959. The molecule has 0 bridgehead atoms. The van der Waals surface area contributed by atoms with Gasteiger partial charge in [-0.15, -0.1) is 0 Å². The van der Waals surface area contributed by atoms with E-state index < -0.39 is 29.9 Å². The van der Waals surface area contributed by atoms with E-state index in [9.17, 15) is 19.2 Å². The predicted octanol–water partition coefficient (Wildman–Crippen LogP) is 2.58. The first kappa shape index (κ1) is 20.3. The van der Waals surface area contributed by atoms with Crippen molar-refractivity contribution in [1.82, 2.24) is 10.2 Å². The molecule has 2 aromatic rings. The van der Waals surface area contributed by atoms with Gasteiger partial charge in [0.15, 0.2) is 0 Å². The van der Waals surface area contributed by atoms with Gasteiger partial charge < -0.3 is 15.4 Å². The highest BCUT2D eigenvalue weighted by Gasteiger charge is 2.39. The van der Waals surface area contributed by atoms with Crippen LogP contribution in [0.1, 0.15) is 22.3 Å². The van der Waals surface area contributed by atoms with Crippen LogP contribution in [0.25, 0.3) is 0 Å². The van der Waals surface area contributed by atoms with Crippen molar-refractivity contribution in [3.05, 3.63) is 64.7 Å². The van der Waals surface area contributed by atoms with Crippen LogP contribution < -0.4 is 10.6 Å². The molecule has 0 saturated carbocycles. The van der Waals surface area contributed by atoms with Gasteiger partial charge in [-0.2, -0.15) is 0 Å². The summed E-state index contributed by atoms with van der Waals surface area (Å²) >= 11 is 6.09. The molecule has 0 aromatic heterocycles. The lowest BCUT2D eigenvalue weighted by Crippen LogP contribution is -2.34. The van der Waals surface area contributed by atoms with Crippen molar-refractivity contribution in [2.45, 2.75) is 19.0 Å². The van der Waals surface area contributed by atoms with Gasteiger partial charge in [0.1, 0.15) is 6.04 Å². The van der Waals surface area contributed by atoms with E-state index in [2.05, 4.69) is 15.4 Å². The number of carbonyl (C=O) groups is 4. The zero-order chi connectivity index (χ0) is 21.0. The van der Waals surface area contributed by atoms with Gasteiger partial charge in [0.25, 0.3) is 5.91 Å². The second-order valence-corrected chi connectivity index (χ2v) is 6.75. The summed E-state index contributed by atoms with van der Waals surface area (Å²) in [6.07, 6.45) is -0.220. The maximum atomic E-state index is 12.5. The first-order chi connectivity index (χ1) is 13.9. The maximum absolute atomic E-state index is 12.5. The van der Waals surface area contributed by atoms with Crippen LogP contribution in [0.4, 0.5) is 10.5 Å². The van der Waals surface area contributed by atoms with Crippen LogP contribution in [0.15, 0.2) is 48.5 Å². The quantitative estimate of drug-likeness (QED) is 0.557. The Balaban J connectivity index is 1.59. The highest BCUT2D eigenvalue weighted by atomic mass is 35.5. The molecule has 0 spiro atoms. The molecule has 1 fully saturated rings. The van der Waals surface area contributed by atoms with Crippen LogP contribution in [0.3, 0.4) is 0 Å². The Morgan fingerprint density at radius 3 is 2.48 bits per heavy atom. The molecule has 1 aliphatic rings. The Morgan fingerprint density at radius 2 is 1.83 bits per heavy atom. The number of benzene rings is 2. The van der Waals surface area contributed by atoms with E-state index in [0.717, 1.165) is 4.90 Å². The molecule has 0 unspecified atom stereocenters. The summed E-state index contributed by atoms with van der Waals surface area (Å²) in [4.78, 5) is 49.4. The van der Waals surface area contributed by atoms with Crippen LogP contribution in [0.2, 0.25) is 5.02 Å². The SMILES string of the molecule is COC(=O)c1ccc(NC(=O)C[C@@H]2NC(=O)N(Cc3ccccc3Cl)C2=O)cc1. The summed E-state index contributed by atoms with van der Waals surface area (Å²) in [6, 6.07) is 11.5. The van der Waals surface area contributed by atoms with Gasteiger partial charge in [0.05, 0.1) is 25.6 Å². The van der Waals surface area contributed by atoms with Crippen LogP contribution >= 0.6 is 11.6 Å². The van der Waals surface area contributed by atoms with E-state index in [-0.39, 0.29) is 13.0 Å². The standard InChI is InChI=1S/C20H18ClN3O5/c1-29-19(27)12-6-8-14(9-7-12)22-17(25)10-16-18(26)24(20(28)23-16)11-13-4-2-3-5-15(13)21/h2-9,16H,10-11H2,1H3,(H,22,25)(H,23,28)/t16-/m0/s1. The normalized spacial score (nSPS) is 15.8. The predicted molar refractivity (Wildman–Crippen MR) is 105 cm³/mol. The number of halogens is 1. The molecule has 150 valence electrons. The fourth-order valence-corrected chi connectivity index (χ4v) is 3.06. The monoisotopic (exact) mass is 415 g/mol. The zero-order valence-corrected chi connectivity index (χ0v) is 16.2. The number of ether oxygens (including phenoxy) is 1. The second kappa shape index (κ2) is 8.74. The number of amides is 4. The van der Waals surface area contributed by atoms with Gasteiger partial charge in [-0.3, -0.25) is 14.5 Å². The van der Waals surface area contributed by atoms with Crippen molar-refractivity contribution in [3.63, 3.8) is 0 Å². The lowest BCUT2D eigenvalue weighted by atomic mass is 10.1. The Kier molecular flexibility index (Phi) is 6.13. The molecule has 3 rings (SSSR count). The average Bonchev–Trinajstić information content (AvgIpc) is 2.96. The molecule has 4 amide bonds. The van der Waals surface area contributed by atoms with Crippen molar-refractivity contribution >= 4 is 41.1 Å². The first-order valence-corrected chi connectivity index (χ1v) is 9.10. The Morgan fingerprint density at radius 1 is 1.14 bits per heavy atom. The molecule has 8 nitrogen and oxygen atoms in total. The van der Waals surface area contributed by atoms with E-state index in [0.29, 0.717) is 21.8 Å². The molecule has 1 heterocycles. The number of rotatable bonds is 6. The van der Waals surface area contributed by atoms with E-state index in [1.54, 1.807) is 36.4 Å². The van der Waals surface area contributed by atoms with Crippen molar-refractivity contribution < 1.29 is 23.9 Å². The van der Waals surface area contributed by atoms with E-state index >= 15 is 0 Å². The summed E-state index contributed by atoms with van der Waals surface area (Å²) in [7, 11) is 1.28. The number of hydrogen-bond donors (Lipinski definition) is 2. The molecular weight excluding hydrogens is 398 g/mol. The minimum Gasteiger partial charge on any atom is -0.465 e. The maximum Gasteiger partial charge on any atom is 0.337 e. The number of esters is 1. The number of nitrogens with one attached hydrogen (secondary N) is 2. The number of imide groups is 1. The van der Waals surface area contributed by atoms with Gasteiger partial charge in [0, 0.05) is 10.7 Å². The van der Waals surface area contributed by atoms with E-state index in [1.807, 2.05) is 0 Å². The molecule has 2 aromatic carbocycles. The van der Waals surface area contributed by atoms with Gasteiger partial charge in [0.2, 0.25) is 5.91 Å². The van der Waals surface area contributed by atoms with Gasteiger partial charge in [-0.05, 0) is 35.9 Å². The summed E-state index contributed by atoms with van der Waals surface area (Å²) in [5.41, 5.74) is 1.43. The number of carbonyl (C=O) groups excluding carboxylic acids is 4. The molecule has 29 heavy (non-hydrogen) atoms. The highest BCUT2D eigenvalue weighted by molar-refractivity contribution is 6.31. The molecule has 0 aliphatic carbocycles. The fourth-order valence-electron chi connectivity index (χ4n) is 2.87. The number of nitrogens with zero attached hydrogens (tertiary/aromatic N) is 1. The molecule has 1 saturated heterocycles. The van der Waals surface area contributed by atoms with Gasteiger partial charge in [-0.1, -0.05) is 29.8 Å². The molecule has 1 aliphatic heterocycles.